The number of carbonyl (C=O) groups is 2. The molecule has 0 radical (unpaired) electrons. The zero-order valence-electron chi connectivity index (χ0n) is 19.0. The molecule has 1 fully saturated rings. The molecule has 0 aromatic heterocycles. The highest BCUT2D eigenvalue weighted by Gasteiger charge is 2.36. The van der Waals surface area contributed by atoms with Crippen LogP contribution in [0, 0.1) is 0 Å². The maximum Gasteiger partial charge on any atom is 0.308 e. The Balaban J connectivity index is -0.000000620. The molecule has 1 rings (SSSR count). The molecular weight excluding hydrogens is 348 g/mol. The van der Waals surface area contributed by atoms with Gasteiger partial charge in [-0.25, -0.2) is 0 Å². The standard InChI is InChI=1S/C15H26O4.C2H6O.C2H4O.C2H6/c1-7-8-11-9-12(18-15(5,6)17-11)10-13(16)19-14(2,3)4;2*1-2-3;1-2/h7-8,11-12H,9-10H2,1-6H3;3H,2H2,1H3;2H,1H3;1-2H3/b8-7+;;;/t11-,12-;;;/m1.../s1. The monoisotopic (exact) mass is 390 g/mol. The second-order valence-electron chi connectivity index (χ2n) is 6.90. The molecule has 1 saturated heterocycles. The Labute approximate surface area is 166 Å². The molecule has 2 atom stereocenters. The Hall–Kier alpha value is -1.24. The molecule has 6 nitrogen and oxygen atoms in total. The molecule has 162 valence electrons. The molecule has 27 heavy (non-hydrogen) atoms. The van der Waals surface area contributed by atoms with Gasteiger partial charge in [0.1, 0.15) is 11.9 Å². The van der Waals surface area contributed by atoms with Gasteiger partial charge < -0.3 is 24.1 Å². The largest absolute Gasteiger partial charge is 0.460 e. The average molecular weight is 391 g/mol. The number of carbonyl (C=O) groups excluding carboxylic acids is 2. The van der Waals surface area contributed by atoms with E-state index in [9.17, 15) is 4.79 Å². The van der Waals surface area contributed by atoms with Crippen LogP contribution in [0.5, 0.6) is 0 Å². The number of ether oxygens (including phenoxy) is 3. The van der Waals surface area contributed by atoms with Gasteiger partial charge in [-0.2, -0.15) is 0 Å². The first kappa shape index (κ1) is 30.5. The van der Waals surface area contributed by atoms with Crippen molar-refractivity contribution >= 4 is 12.3 Å². The van der Waals surface area contributed by atoms with E-state index in [-0.39, 0.29) is 31.2 Å². The van der Waals surface area contributed by atoms with E-state index in [0.717, 1.165) is 6.29 Å². The summed E-state index contributed by atoms with van der Waals surface area (Å²) >= 11 is 0. The smallest absolute Gasteiger partial charge is 0.308 e. The predicted molar refractivity (Wildman–Crippen MR) is 110 cm³/mol. The van der Waals surface area contributed by atoms with Gasteiger partial charge >= 0.3 is 5.97 Å². The van der Waals surface area contributed by atoms with Gasteiger partial charge in [-0.3, -0.25) is 4.79 Å². The van der Waals surface area contributed by atoms with Crippen LogP contribution in [0.1, 0.15) is 82.1 Å². The van der Waals surface area contributed by atoms with Crippen molar-refractivity contribution in [2.24, 2.45) is 0 Å². The highest BCUT2D eigenvalue weighted by molar-refractivity contribution is 5.70. The van der Waals surface area contributed by atoms with Crippen LogP contribution in [0.4, 0.5) is 0 Å². The third kappa shape index (κ3) is 20.9. The molecular formula is C21H42O6. The lowest BCUT2D eigenvalue weighted by Gasteiger charge is -2.39. The number of hydrogen-bond acceptors (Lipinski definition) is 6. The second kappa shape index (κ2) is 16.9. The van der Waals surface area contributed by atoms with Crippen LogP contribution < -0.4 is 0 Å². The fourth-order valence-electron chi connectivity index (χ4n) is 2.18. The van der Waals surface area contributed by atoms with Gasteiger partial charge in [-0.05, 0) is 55.4 Å². The maximum absolute atomic E-state index is 11.8. The first-order valence-corrected chi connectivity index (χ1v) is 9.65. The van der Waals surface area contributed by atoms with Crippen molar-refractivity contribution in [3.05, 3.63) is 12.2 Å². The average Bonchev–Trinajstić information content (AvgIpc) is 2.47. The molecule has 1 N–H and O–H groups in total. The van der Waals surface area contributed by atoms with Crippen LogP contribution in [0.25, 0.3) is 0 Å². The number of esters is 1. The van der Waals surface area contributed by atoms with E-state index in [0.29, 0.717) is 6.42 Å². The van der Waals surface area contributed by atoms with Gasteiger partial charge in [0.25, 0.3) is 0 Å². The van der Waals surface area contributed by atoms with Crippen molar-refractivity contribution in [2.75, 3.05) is 6.61 Å². The fraction of sp³-hybridized carbons (Fsp3) is 0.810. The fourth-order valence-corrected chi connectivity index (χ4v) is 2.18. The van der Waals surface area contributed by atoms with Crippen molar-refractivity contribution in [2.45, 2.75) is 106 Å². The van der Waals surface area contributed by atoms with Crippen LogP contribution in [-0.4, -0.2) is 47.6 Å². The molecule has 0 unspecified atom stereocenters. The zero-order valence-corrected chi connectivity index (χ0v) is 19.0. The summed E-state index contributed by atoms with van der Waals surface area (Å²) in [6.45, 7) is 18.6. The number of hydrogen-bond donors (Lipinski definition) is 1. The highest BCUT2D eigenvalue weighted by Crippen LogP contribution is 2.29. The van der Waals surface area contributed by atoms with Crippen LogP contribution in [0.3, 0.4) is 0 Å². The summed E-state index contributed by atoms with van der Waals surface area (Å²) < 4.78 is 16.9. The molecule has 0 saturated carbocycles. The number of allylic oxidation sites excluding steroid dienone is 1. The minimum atomic E-state index is -0.672. The lowest BCUT2D eigenvalue weighted by Crippen LogP contribution is -2.45. The Morgan fingerprint density at radius 2 is 1.67 bits per heavy atom. The van der Waals surface area contributed by atoms with Gasteiger partial charge in [0.2, 0.25) is 0 Å². The van der Waals surface area contributed by atoms with E-state index >= 15 is 0 Å². The molecule has 0 bridgehead atoms. The van der Waals surface area contributed by atoms with E-state index in [1.54, 1.807) is 6.92 Å². The van der Waals surface area contributed by atoms with E-state index in [2.05, 4.69) is 0 Å². The summed E-state index contributed by atoms with van der Waals surface area (Å²) in [6, 6.07) is 0. The van der Waals surface area contributed by atoms with Crippen molar-refractivity contribution in [3.63, 3.8) is 0 Å². The van der Waals surface area contributed by atoms with Crippen molar-refractivity contribution in [1.82, 2.24) is 0 Å². The summed E-state index contributed by atoms with van der Waals surface area (Å²) in [5.74, 6) is -0.899. The third-order valence-electron chi connectivity index (χ3n) is 2.60. The van der Waals surface area contributed by atoms with Gasteiger partial charge in [-0.15, -0.1) is 0 Å². The number of rotatable bonds is 3. The number of aldehydes is 1. The summed E-state index contributed by atoms with van der Waals surface area (Å²) in [4.78, 5) is 20.6. The lowest BCUT2D eigenvalue weighted by molar-refractivity contribution is -0.290. The Morgan fingerprint density at radius 1 is 1.22 bits per heavy atom. The van der Waals surface area contributed by atoms with Gasteiger partial charge in [0.05, 0.1) is 18.6 Å². The normalized spacial score (nSPS) is 20.7. The number of aliphatic hydroxyl groups is 1. The van der Waals surface area contributed by atoms with E-state index < -0.39 is 11.4 Å². The van der Waals surface area contributed by atoms with Crippen molar-refractivity contribution in [3.8, 4) is 0 Å². The molecule has 0 amide bonds. The van der Waals surface area contributed by atoms with Gasteiger partial charge in [0.15, 0.2) is 5.79 Å². The minimum Gasteiger partial charge on any atom is -0.460 e. The van der Waals surface area contributed by atoms with E-state index in [1.807, 2.05) is 67.5 Å². The minimum absolute atomic E-state index is 0.0128. The van der Waals surface area contributed by atoms with Crippen LogP contribution in [0.2, 0.25) is 0 Å². The SMILES string of the molecule is C/C=C/[C@@H]1C[C@H](CC(=O)OC(C)(C)C)OC(C)(C)O1.CC.CC=O.CCO. The second-order valence-corrected chi connectivity index (χ2v) is 6.90. The molecule has 0 spiro atoms. The van der Waals surface area contributed by atoms with E-state index in [4.69, 9.17) is 24.1 Å². The Morgan fingerprint density at radius 3 is 2.04 bits per heavy atom. The third-order valence-corrected chi connectivity index (χ3v) is 2.60. The highest BCUT2D eigenvalue weighted by atomic mass is 16.7. The van der Waals surface area contributed by atoms with Crippen LogP contribution in [-0.2, 0) is 23.8 Å². The van der Waals surface area contributed by atoms with Crippen molar-refractivity contribution in [1.29, 1.82) is 0 Å². The maximum atomic E-state index is 11.8. The van der Waals surface area contributed by atoms with Crippen molar-refractivity contribution < 1.29 is 28.9 Å². The zero-order chi connectivity index (χ0) is 22.1. The Kier molecular flexibility index (Phi) is 19.1. The summed E-state index contributed by atoms with van der Waals surface area (Å²) in [5, 5.41) is 7.57. The first-order chi connectivity index (χ1) is 12.4. The molecule has 1 heterocycles. The van der Waals surface area contributed by atoms with Gasteiger partial charge in [-0.1, -0.05) is 26.0 Å². The lowest BCUT2D eigenvalue weighted by atomic mass is 10.0. The summed E-state index contributed by atoms with van der Waals surface area (Å²) in [6.07, 6.45) is 5.45. The number of aliphatic hydroxyl groups excluding tert-OH is 1. The Bertz CT molecular complexity index is 396. The molecule has 0 aliphatic carbocycles. The topological polar surface area (TPSA) is 82.1 Å². The first-order valence-electron chi connectivity index (χ1n) is 9.65. The molecule has 1 aliphatic heterocycles. The predicted octanol–water partition coefficient (Wildman–Crippen LogP) is 4.43. The van der Waals surface area contributed by atoms with Gasteiger partial charge in [0, 0.05) is 13.0 Å². The quantitative estimate of drug-likeness (QED) is 0.436. The summed E-state index contributed by atoms with van der Waals surface area (Å²) in [7, 11) is 0. The van der Waals surface area contributed by atoms with Crippen LogP contribution >= 0.6 is 0 Å². The van der Waals surface area contributed by atoms with Crippen LogP contribution in [0.15, 0.2) is 12.2 Å². The van der Waals surface area contributed by atoms with E-state index in [1.165, 1.54) is 6.92 Å². The molecule has 1 aliphatic rings. The summed E-state index contributed by atoms with van der Waals surface area (Å²) in [5.41, 5.74) is -0.458. The molecule has 0 aromatic carbocycles. The molecule has 0 aromatic rings. The molecule has 6 heteroatoms.